The summed E-state index contributed by atoms with van der Waals surface area (Å²) in [4.78, 5) is 0. The van der Waals surface area contributed by atoms with E-state index in [9.17, 15) is 0 Å². The van der Waals surface area contributed by atoms with E-state index in [4.69, 9.17) is 9.47 Å². The van der Waals surface area contributed by atoms with Crippen molar-refractivity contribution < 1.29 is 9.47 Å². The molecule has 1 fully saturated rings. The molecule has 11 heavy (non-hydrogen) atoms. The van der Waals surface area contributed by atoms with Gasteiger partial charge in [-0.15, -0.1) is 0 Å². The van der Waals surface area contributed by atoms with Crippen LogP contribution in [0, 0.1) is 0 Å². The van der Waals surface area contributed by atoms with Gasteiger partial charge in [-0.3, -0.25) is 0 Å². The molecule has 62 valence electrons. The molecular formula is C9H14O2. The lowest BCUT2D eigenvalue weighted by Gasteiger charge is -2.28. The van der Waals surface area contributed by atoms with E-state index in [-0.39, 0.29) is 6.10 Å². The maximum Gasteiger partial charge on any atom is 0.102 e. The van der Waals surface area contributed by atoms with Gasteiger partial charge in [-0.05, 0) is 19.3 Å². The molecule has 0 aromatic carbocycles. The average molecular weight is 154 g/mol. The summed E-state index contributed by atoms with van der Waals surface area (Å²) >= 11 is 0. The second-order valence-corrected chi connectivity index (χ2v) is 3.10. The van der Waals surface area contributed by atoms with Crippen molar-refractivity contribution >= 4 is 0 Å². The highest BCUT2D eigenvalue weighted by molar-refractivity contribution is 4.97. The fourth-order valence-corrected chi connectivity index (χ4v) is 1.65. The van der Waals surface area contributed by atoms with Gasteiger partial charge in [0.05, 0.1) is 12.7 Å². The predicted molar refractivity (Wildman–Crippen MR) is 42.5 cm³/mol. The van der Waals surface area contributed by atoms with Gasteiger partial charge in [-0.1, -0.05) is 12.2 Å². The molecule has 0 amide bonds. The second-order valence-electron chi connectivity index (χ2n) is 3.10. The number of ether oxygens (including phenoxy) is 2. The smallest absolute Gasteiger partial charge is 0.102 e. The Morgan fingerprint density at radius 3 is 3.18 bits per heavy atom. The van der Waals surface area contributed by atoms with Crippen LogP contribution in [0.4, 0.5) is 0 Å². The monoisotopic (exact) mass is 154 g/mol. The van der Waals surface area contributed by atoms with E-state index in [0.717, 1.165) is 32.5 Å². The molecule has 0 aromatic heterocycles. The van der Waals surface area contributed by atoms with Gasteiger partial charge in [0.2, 0.25) is 0 Å². The van der Waals surface area contributed by atoms with E-state index in [1.54, 1.807) is 0 Å². The van der Waals surface area contributed by atoms with Gasteiger partial charge in [0.1, 0.15) is 6.10 Å². The first-order valence-electron chi connectivity index (χ1n) is 4.37. The number of hydrogen-bond donors (Lipinski definition) is 0. The third-order valence-corrected chi connectivity index (χ3v) is 2.25. The Hall–Kier alpha value is -0.340. The lowest BCUT2D eigenvalue weighted by atomic mass is 10.1. The summed E-state index contributed by atoms with van der Waals surface area (Å²) in [5.74, 6) is 0. The molecule has 2 nitrogen and oxygen atoms in total. The molecule has 1 saturated heterocycles. The second kappa shape index (κ2) is 3.37. The van der Waals surface area contributed by atoms with Crippen LogP contribution in [0.25, 0.3) is 0 Å². The third kappa shape index (κ3) is 1.63. The van der Waals surface area contributed by atoms with Crippen molar-refractivity contribution in [1.82, 2.24) is 0 Å². The van der Waals surface area contributed by atoms with Crippen molar-refractivity contribution in [3.05, 3.63) is 12.2 Å². The Balaban J connectivity index is 2.02. The number of fused-ring (bicyclic) bond motifs is 1. The van der Waals surface area contributed by atoms with E-state index in [1.807, 2.05) is 0 Å². The van der Waals surface area contributed by atoms with Crippen LogP contribution in [0.1, 0.15) is 19.3 Å². The minimum Gasteiger partial charge on any atom is -0.375 e. The summed E-state index contributed by atoms with van der Waals surface area (Å²) < 4.78 is 11.2. The standard InChI is InChI=1S/C9H14O2/c1-2-6-10-9-5-3-7-11-8(9)4-1/h1,4,8-9H,2-3,5-7H2/t8-,9+/m1/s1. The minimum absolute atomic E-state index is 0.242. The van der Waals surface area contributed by atoms with Gasteiger partial charge < -0.3 is 9.47 Å². The zero-order valence-electron chi connectivity index (χ0n) is 6.66. The van der Waals surface area contributed by atoms with E-state index in [0.29, 0.717) is 6.10 Å². The molecule has 0 N–H and O–H groups in total. The van der Waals surface area contributed by atoms with E-state index >= 15 is 0 Å². The number of rotatable bonds is 0. The zero-order chi connectivity index (χ0) is 7.52. The fraction of sp³-hybridized carbons (Fsp3) is 0.778. The maximum absolute atomic E-state index is 5.62. The molecule has 2 heterocycles. The van der Waals surface area contributed by atoms with Crippen molar-refractivity contribution in [2.45, 2.75) is 31.5 Å². The molecule has 2 rings (SSSR count). The lowest BCUT2D eigenvalue weighted by Crippen LogP contribution is -2.33. The summed E-state index contributed by atoms with van der Waals surface area (Å²) in [6, 6.07) is 0. The normalized spacial score (nSPS) is 37.8. The molecule has 0 aromatic rings. The summed E-state index contributed by atoms with van der Waals surface area (Å²) in [6.45, 7) is 1.76. The summed E-state index contributed by atoms with van der Waals surface area (Å²) in [7, 11) is 0. The van der Waals surface area contributed by atoms with Crippen LogP contribution < -0.4 is 0 Å². The van der Waals surface area contributed by atoms with Gasteiger partial charge in [0.25, 0.3) is 0 Å². The molecule has 2 heteroatoms. The first kappa shape index (κ1) is 7.32. The molecule has 0 bridgehead atoms. The summed E-state index contributed by atoms with van der Waals surface area (Å²) in [5, 5.41) is 0. The Bertz CT molecular complexity index is 154. The fourth-order valence-electron chi connectivity index (χ4n) is 1.65. The van der Waals surface area contributed by atoms with Crippen LogP contribution in [0.5, 0.6) is 0 Å². The lowest BCUT2D eigenvalue weighted by molar-refractivity contribution is -0.0797. The van der Waals surface area contributed by atoms with Gasteiger partial charge in [0, 0.05) is 6.61 Å². The van der Waals surface area contributed by atoms with Crippen LogP contribution in [-0.4, -0.2) is 25.4 Å². The molecule has 2 aliphatic rings. The third-order valence-electron chi connectivity index (χ3n) is 2.25. The number of hydrogen-bond acceptors (Lipinski definition) is 2. The van der Waals surface area contributed by atoms with Gasteiger partial charge in [0.15, 0.2) is 0 Å². The highest BCUT2D eigenvalue weighted by Crippen LogP contribution is 2.20. The molecule has 0 unspecified atom stereocenters. The van der Waals surface area contributed by atoms with Crippen LogP contribution >= 0.6 is 0 Å². The molecule has 0 aliphatic carbocycles. The van der Waals surface area contributed by atoms with Crippen LogP contribution in [0.3, 0.4) is 0 Å². The molecule has 0 radical (unpaired) electrons. The molecular weight excluding hydrogens is 140 g/mol. The van der Waals surface area contributed by atoms with Crippen LogP contribution in [-0.2, 0) is 9.47 Å². The van der Waals surface area contributed by atoms with Crippen molar-refractivity contribution in [2.24, 2.45) is 0 Å². The Kier molecular flexibility index (Phi) is 2.24. The SMILES string of the molecule is C1=C[C@H]2OCCC[C@@H]2OCC1. The Morgan fingerprint density at radius 1 is 1.18 bits per heavy atom. The minimum atomic E-state index is 0.242. The first-order valence-corrected chi connectivity index (χ1v) is 4.37. The van der Waals surface area contributed by atoms with Crippen molar-refractivity contribution in [2.75, 3.05) is 13.2 Å². The molecule has 0 spiro atoms. The topological polar surface area (TPSA) is 18.5 Å². The molecule has 2 aliphatic heterocycles. The van der Waals surface area contributed by atoms with Crippen LogP contribution in [0.15, 0.2) is 12.2 Å². The highest BCUT2D eigenvalue weighted by atomic mass is 16.5. The van der Waals surface area contributed by atoms with Gasteiger partial charge >= 0.3 is 0 Å². The quantitative estimate of drug-likeness (QED) is 0.492. The molecule has 0 saturated carbocycles. The summed E-state index contributed by atoms with van der Waals surface area (Å²) in [5.41, 5.74) is 0. The van der Waals surface area contributed by atoms with Gasteiger partial charge in [-0.2, -0.15) is 0 Å². The average Bonchev–Trinajstić information content (AvgIpc) is 2.28. The Morgan fingerprint density at radius 2 is 2.18 bits per heavy atom. The van der Waals surface area contributed by atoms with E-state index in [1.165, 1.54) is 0 Å². The van der Waals surface area contributed by atoms with E-state index in [2.05, 4.69) is 12.2 Å². The van der Waals surface area contributed by atoms with Crippen molar-refractivity contribution in [1.29, 1.82) is 0 Å². The van der Waals surface area contributed by atoms with Gasteiger partial charge in [-0.25, -0.2) is 0 Å². The predicted octanol–water partition coefficient (Wildman–Crippen LogP) is 1.51. The largest absolute Gasteiger partial charge is 0.375 e. The van der Waals surface area contributed by atoms with Crippen molar-refractivity contribution in [3.63, 3.8) is 0 Å². The molecule has 2 atom stereocenters. The maximum atomic E-state index is 5.62. The van der Waals surface area contributed by atoms with Crippen molar-refractivity contribution in [3.8, 4) is 0 Å². The first-order chi connectivity index (χ1) is 5.47. The Labute approximate surface area is 67.2 Å². The van der Waals surface area contributed by atoms with E-state index < -0.39 is 0 Å². The summed E-state index contributed by atoms with van der Waals surface area (Å²) in [6.07, 6.45) is 8.24. The highest BCUT2D eigenvalue weighted by Gasteiger charge is 2.25. The zero-order valence-corrected chi connectivity index (χ0v) is 6.66. The van der Waals surface area contributed by atoms with Crippen LogP contribution in [0.2, 0.25) is 0 Å².